The molecule has 0 atom stereocenters. The number of hydrogen-bond acceptors (Lipinski definition) is 4. The third-order valence-corrected chi connectivity index (χ3v) is 2.18. The molecule has 0 unspecified atom stereocenters. The number of nitrogens with zero attached hydrogens (tertiary/aromatic N) is 3. The van der Waals surface area contributed by atoms with E-state index in [1.165, 1.54) is 0 Å². The summed E-state index contributed by atoms with van der Waals surface area (Å²) in [5, 5.41) is 4.31. The second-order valence-corrected chi connectivity index (χ2v) is 3.35. The van der Waals surface area contributed by atoms with Gasteiger partial charge in [-0.15, -0.1) is 5.10 Å². The molecule has 0 aromatic carbocycles. The highest BCUT2D eigenvalue weighted by atomic mass is 16.5. The summed E-state index contributed by atoms with van der Waals surface area (Å²) < 4.78 is 6.63. The molecule has 0 aliphatic rings. The number of rotatable bonds is 4. The van der Waals surface area contributed by atoms with E-state index >= 15 is 0 Å². The van der Waals surface area contributed by atoms with E-state index in [4.69, 9.17) is 10.5 Å². The molecule has 2 N–H and O–H groups in total. The van der Waals surface area contributed by atoms with Gasteiger partial charge in [0.25, 0.3) is 0 Å². The van der Waals surface area contributed by atoms with Gasteiger partial charge in [-0.05, 0) is 18.6 Å². The molecule has 0 aliphatic heterocycles. The maximum atomic E-state index is 5.76. The second kappa shape index (κ2) is 4.27. The third-order valence-electron chi connectivity index (χ3n) is 2.18. The molecule has 80 valence electrons. The molecular formula is C10H14N4O. The van der Waals surface area contributed by atoms with Crippen LogP contribution in [0.25, 0.3) is 5.65 Å². The molecule has 2 aromatic rings. The first-order valence-corrected chi connectivity index (χ1v) is 4.90. The zero-order valence-corrected chi connectivity index (χ0v) is 8.68. The van der Waals surface area contributed by atoms with E-state index in [0.717, 1.165) is 30.9 Å². The Bertz CT molecular complexity index is 452. The van der Waals surface area contributed by atoms with Crippen LogP contribution in [0.1, 0.15) is 12.2 Å². The van der Waals surface area contributed by atoms with Crippen LogP contribution in [0, 0.1) is 0 Å². The van der Waals surface area contributed by atoms with Crippen LogP contribution in [0.2, 0.25) is 0 Å². The van der Waals surface area contributed by atoms with Crippen LogP contribution in [-0.2, 0) is 11.2 Å². The fourth-order valence-corrected chi connectivity index (χ4v) is 1.45. The Labute approximate surface area is 87.9 Å². The van der Waals surface area contributed by atoms with E-state index in [0.29, 0.717) is 5.82 Å². The normalized spacial score (nSPS) is 11.0. The average molecular weight is 206 g/mol. The molecule has 2 heterocycles. The van der Waals surface area contributed by atoms with Crippen molar-refractivity contribution in [3.63, 3.8) is 0 Å². The van der Waals surface area contributed by atoms with Crippen LogP contribution in [-0.4, -0.2) is 28.3 Å². The third kappa shape index (κ3) is 2.07. The molecule has 0 fully saturated rings. The van der Waals surface area contributed by atoms with Gasteiger partial charge in [-0.25, -0.2) is 4.98 Å². The van der Waals surface area contributed by atoms with E-state index in [1.807, 2.05) is 12.1 Å². The molecule has 0 saturated carbocycles. The summed E-state index contributed by atoms with van der Waals surface area (Å²) in [7, 11) is 1.69. The summed E-state index contributed by atoms with van der Waals surface area (Å²) in [6.45, 7) is 0.727. The fraction of sp³-hybridized carbons (Fsp3) is 0.400. The molecule has 0 amide bonds. The van der Waals surface area contributed by atoms with E-state index in [2.05, 4.69) is 10.1 Å². The molecule has 2 rings (SSSR count). The number of fused-ring (bicyclic) bond motifs is 1. The smallest absolute Gasteiger partial charge is 0.157 e. The van der Waals surface area contributed by atoms with Gasteiger partial charge in [-0.1, -0.05) is 6.07 Å². The Balaban J connectivity index is 2.20. The first kappa shape index (κ1) is 9.92. The number of hydrogen-bond donors (Lipinski definition) is 1. The van der Waals surface area contributed by atoms with Crippen LogP contribution in [0.3, 0.4) is 0 Å². The van der Waals surface area contributed by atoms with E-state index < -0.39 is 0 Å². The lowest BCUT2D eigenvalue weighted by Crippen LogP contribution is -1.98. The molecule has 0 saturated heterocycles. The van der Waals surface area contributed by atoms with Crippen LogP contribution in [0.4, 0.5) is 5.82 Å². The van der Waals surface area contributed by atoms with Crippen molar-refractivity contribution in [2.75, 3.05) is 19.5 Å². The minimum absolute atomic E-state index is 0.609. The second-order valence-electron chi connectivity index (χ2n) is 3.35. The number of aryl methyl sites for hydroxylation is 1. The van der Waals surface area contributed by atoms with Gasteiger partial charge in [0.1, 0.15) is 5.82 Å². The van der Waals surface area contributed by atoms with Gasteiger partial charge in [0.15, 0.2) is 11.5 Å². The van der Waals surface area contributed by atoms with Gasteiger partial charge in [0.05, 0.1) is 0 Å². The Kier molecular flexibility index (Phi) is 2.82. The summed E-state index contributed by atoms with van der Waals surface area (Å²) >= 11 is 0. The Morgan fingerprint density at radius 1 is 1.47 bits per heavy atom. The van der Waals surface area contributed by atoms with Crippen LogP contribution in [0.5, 0.6) is 0 Å². The maximum absolute atomic E-state index is 5.76. The van der Waals surface area contributed by atoms with Crippen molar-refractivity contribution in [1.82, 2.24) is 14.6 Å². The van der Waals surface area contributed by atoms with Crippen molar-refractivity contribution in [3.8, 4) is 0 Å². The van der Waals surface area contributed by atoms with Crippen molar-refractivity contribution in [2.24, 2.45) is 0 Å². The number of ether oxygens (including phenoxy) is 1. The predicted molar refractivity (Wildman–Crippen MR) is 57.6 cm³/mol. The number of nitrogen functional groups attached to an aromatic ring is 1. The average Bonchev–Trinajstić information content (AvgIpc) is 2.63. The SMILES string of the molecule is COCCCc1nc2cccc(N)n2n1. The van der Waals surface area contributed by atoms with Crippen molar-refractivity contribution in [3.05, 3.63) is 24.0 Å². The van der Waals surface area contributed by atoms with E-state index in [1.54, 1.807) is 17.7 Å². The highest BCUT2D eigenvalue weighted by Gasteiger charge is 2.04. The number of nitrogens with two attached hydrogens (primary N) is 1. The molecule has 0 spiro atoms. The molecule has 15 heavy (non-hydrogen) atoms. The van der Waals surface area contributed by atoms with Crippen LogP contribution < -0.4 is 5.73 Å². The molecular weight excluding hydrogens is 192 g/mol. The predicted octanol–water partition coefficient (Wildman–Crippen LogP) is 0.890. The Morgan fingerprint density at radius 2 is 2.33 bits per heavy atom. The summed E-state index contributed by atoms with van der Waals surface area (Å²) in [5.41, 5.74) is 6.55. The van der Waals surface area contributed by atoms with Crippen molar-refractivity contribution >= 4 is 11.5 Å². The minimum atomic E-state index is 0.609. The molecule has 0 bridgehead atoms. The van der Waals surface area contributed by atoms with Gasteiger partial charge in [-0.3, -0.25) is 0 Å². The lowest BCUT2D eigenvalue weighted by molar-refractivity contribution is 0.194. The van der Waals surface area contributed by atoms with Crippen LogP contribution >= 0.6 is 0 Å². The number of methoxy groups -OCH3 is 1. The van der Waals surface area contributed by atoms with Crippen molar-refractivity contribution < 1.29 is 4.74 Å². The first-order valence-electron chi connectivity index (χ1n) is 4.90. The van der Waals surface area contributed by atoms with Gasteiger partial charge in [0, 0.05) is 20.1 Å². The zero-order valence-electron chi connectivity index (χ0n) is 8.68. The van der Waals surface area contributed by atoms with E-state index in [9.17, 15) is 0 Å². The molecule has 5 heteroatoms. The van der Waals surface area contributed by atoms with E-state index in [-0.39, 0.29) is 0 Å². The standard InChI is InChI=1S/C10H14N4O/c1-15-7-3-5-9-12-10-6-2-4-8(11)14(10)13-9/h2,4,6H,3,5,7,11H2,1H3. The highest BCUT2D eigenvalue weighted by molar-refractivity contribution is 5.45. The molecule has 5 nitrogen and oxygen atoms in total. The monoisotopic (exact) mass is 206 g/mol. The highest BCUT2D eigenvalue weighted by Crippen LogP contribution is 2.08. The molecule has 0 radical (unpaired) electrons. The van der Waals surface area contributed by atoms with Crippen molar-refractivity contribution in [2.45, 2.75) is 12.8 Å². The Hall–Kier alpha value is -1.62. The topological polar surface area (TPSA) is 65.4 Å². The first-order chi connectivity index (χ1) is 7.31. The summed E-state index contributed by atoms with van der Waals surface area (Å²) in [4.78, 5) is 4.36. The summed E-state index contributed by atoms with van der Waals surface area (Å²) in [6, 6.07) is 5.57. The van der Waals surface area contributed by atoms with Crippen LogP contribution in [0.15, 0.2) is 18.2 Å². The number of aromatic nitrogens is 3. The summed E-state index contributed by atoms with van der Waals surface area (Å²) in [5.74, 6) is 1.42. The largest absolute Gasteiger partial charge is 0.385 e. The lowest BCUT2D eigenvalue weighted by atomic mass is 10.3. The van der Waals surface area contributed by atoms with Crippen molar-refractivity contribution in [1.29, 1.82) is 0 Å². The van der Waals surface area contributed by atoms with Gasteiger partial charge >= 0.3 is 0 Å². The molecule has 2 aromatic heterocycles. The quantitative estimate of drug-likeness (QED) is 0.754. The zero-order chi connectivity index (χ0) is 10.7. The summed E-state index contributed by atoms with van der Waals surface area (Å²) in [6.07, 6.45) is 1.74. The minimum Gasteiger partial charge on any atom is -0.385 e. The van der Waals surface area contributed by atoms with Gasteiger partial charge in [-0.2, -0.15) is 4.52 Å². The van der Waals surface area contributed by atoms with Gasteiger partial charge in [0.2, 0.25) is 0 Å². The fourth-order valence-electron chi connectivity index (χ4n) is 1.45. The number of anilines is 1. The number of pyridine rings is 1. The Morgan fingerprint density at radius 3 is 3.07 bits per heavy atom. The lowest BCUT2D eigenvalue weighted by Gasteiger charge is -1.95. The van der Waals surface area contributed by atoms with Gasteiger partial charge < -0.3 is 10.5 Å². The molecule has 0 aliphatic carbocycles. The maximum Gasteiger partial charge on any atom is 0.157 e.